The first-order chi connectivity index (χ1) is 9.88. The van der Waals surface area contributed by atoms with E-state index in [1.54, 1.807) is 0 Å². The van der Waals surface area contributed by atoms with Crippen molar-refractivity contribution in [2.45, 2.75) is 31.5 Å². The van der Waals surface area contributed by atoms with Crippen LogP contribution in [0.3, 0.4) is 0 Å². The van der Waals surface area contributed by atoms with E-state index in [-0.39, 0.29) is 6.04 Å². The first-order valence-electron chi connectivity index (χ1n) is 6.76. The zero-order valence-corrected chi connectivity index (χ0v) is 11.3. The van der Waals surface area contributed by atoms with Gasteiger partial charge in [0.1, 0.15) is 5.82 Å². The number of amides is 1. The summed E-state index contributed by atoms with van der Waals surface area (Å²) in [6, 6.07) is 1.70. The molecule has 0 bridgehead atoms. The van der Waals surface area contributed by atoms with Crippen LogP contribution >= 0.6 is 0 Å². The molecule has 1 fully saturated rings. The fourth-order valence-corrected chi connectivity index (χ4v) is 2.30. The summed E-state index contributed by atoms with van der Waals surface area (Å²) in [7, 11) is 0. The fraction of sp³-hybridized carbons (Fsp3) is 0.500. The molecule has 116 valence electrons. The van der Waals surface area contributed by atoms with Crippen LogP contribution in [0.5, 0.6) is 0 Å². The van der Waals surface area contributed by atoms with E-state index in [4.69, 9.17) is 0 Å². The highest BCUT2D eigenvalue weighted by atomic mass is 19.4. The van der Waals surface area contributed by atoms with Crippen LogP contribution in [0.25, 0.3) is 0 Å². The lowest BCUT2D eigenvalue weighted by atomic mass is 10.1. The molecular formula is C14H16F4N2O. The van der Waals surface area contributed by atoms with E-state index >= 15 is 0 Å². The molecule has 3 nitrogen and oxygen atoms in total. The first-order valence-corrected chi connectivity index (χ1v) is 6.76. The Bertz CT molecular complexity index is 508. The van der Waals surface area contributed by atoms with Crippen molar-refractivity contribution in [3.63, 3.8) is 0 Å². The Hall–Kier alpha value is -1.63. The molecule has 0 spiro atoms. The first kappa shape index (κ1) is 15.8. The van der Waals surface area contributed by atoms with Gasteiger partial charge in [-0.1, -0.05) is 0 Å². The van der Waals surface area contributed by atoms with Gasteiger partial charge in [0.05, 0.1) is 11.1 Å². The van der Waals surface area contributed by atoms with Crippen LogP contribution in [-0.2, 0) is 6.18 Å². The van der Waals surface area contributed by atoms with Crippen LogP contribution in [0.1, 0.15) is 35.2 Å². The normalized spacial score (nSPS) is 19.9. The minimum absolute atomic E-state index is 0.151. The maximum Gasteiger partial charge on any atom is 0.416 e. The number of carbonyl (C=O) groups excluding carboxylic acids is 1. The molecule has 2 rings (SSSR count). The van der Waals surface area contributed by atoms with Gasteiger partial charge in [0, 0.05) is 6.04 Å². The highest BCUT2D eigenvalue weighted by molar-refractivity contribution is 5.94. The molecule has 1 aromatic carbocycles. The Balaban J connectivity index is 2.14. The van der Waals surface area contributed by atoms with Crippen molar-refractivity contribution in [1.82, 2.24) is 10.6 Å². The lowest BCUT2D eigenvalue weighted by Crippen LogP contribution is -2.36. The minimum Gasteiger partial charge on any atom is -0.349 e. The van der Waals surface area contributed by atoms with Gasteiger partial charge < -0.3 is 10.6 Å². The summed E-state index contributed by atoms with van der Waals surface area (Å²) in [5, 5.41) is 5.76. The molecular weight excluding hydrogens is 288 g/mol. The second-order valence-corrected chi connectivity index (χ2v) is 5.04. The van der Waals surface area contributed by atoms with Gasteiger partial charge in [-0.2, -0.15) is 13.2 Å². The minimum atomic E-state index is -4.60. The SMILES string of the molecule is O=C(NC1CCCNCC1)c1cc(C(F)(F)F)ccc1F. The van der Waals surface area contributed by atoms with Gasteiger partial charge in [0.15, 0.2) is 0 Å². The standard InChI is InChI=1S/C14H16F4N2O/c15-12-4-3-9(14(16,17)18)8-11(12)13(21)20-10-2-1-6-19-7-5-10/h3-4,8,10,19H,1-2,5-7H2,(H,20,21). The van der Waals surface area contributed by atoms with Gasteiger partial charge in [-0.15, -0.1) is 0 Å². The predicted octanol–water partition coefficient (Wildman–Crippen LogP) is 2.72. The molecule has 1 unspecified atom stereocenters. The Labute approximate surface area is 119 Å². The number of halogens is 4. The maximum atomic E-state index is 13.6. The molecule has 1 amide bonds. The quantitative estimate of drug-likeness (QED) is 0.825. The van der Waals surface area contributed by atoms with E-state index in [2.05, 4.69) is 10.6 Å². The van der Waals surface area contributed by atoms with Crippen molar-refractivity contribution in [3.05, 3.63) is 35.1 Å². The van der Waals surface area contributed by atoms with E-state index in [1.807, 2.05) is 0 Å². The third-order valence-electron chi connectivity index (χ3n) is 3.45. The summed E-state index contributed by atoms with van der Waals surface area (Å²) in [5.74, 6) is -1.75. The summed E-state index contributed by atoms with van der Waals surface area (Å²) in [6.45, 7) is 1.56. The van der Waals surface area contributed by atoms with Crippen molar-refractivity contribution in [1.29, 1.82) is 0 Å². The van der Waals surface area contributed by atoms with E-state index in [9.17, 15) is 22.4 Å². The number of carbonyl (C=O) groups is 1. The van der Waals surface area contributed by atoms with E-state index in [1.165, 1.54) is 0 Å². The molecule has 7 heteroatoms. The zero-order chi connectivity index (χ0) is 15.5. The predicted molar refractivity (Wildman–Crippen MR) is 69.4 cm³/mol. The molecule has 1 aromatic rings. The smallest absolute Gasteiger partial charge is 0.349 e. The van der Waals surface area contributed by atoms with Crippen LogP contribution in [0, 0.1) is 5.82 Å². The van der Waals surface area contributed by atoms with Gasteiger partial charge in [-0.05, 0) is 50.6 Å². The van der Waals surface area contributed by atoms with Crippen LogP contribution in [0.15, 0.2) is 18.2 Å². The summed E-state index contributed by atoms with van der Waals surface area (Å²) in [6.07, 6.45) is -2.35. The van der Waals surface area contributed by atoms with Crippen molar-refractivity contribution in [2.24, 2.45) is 0 Å². The molecule has 1 heterocycles. The van der Waals surface area contributed by atoms with Crippen molar-refractivity contribution >= 4 is 5.91 Å². The zero-order valence-electron chi connectivity index (χ0n) is 11.3. The lowest BCUT2D eigenvalue weighted by Gasteiger charge is -2.17. The van der Waals surface area contributed by atoms with Crippen LogP contribution in [0.4, 0.5) is 17.6 Å². The highest BCUT2D eigenvalue weighted by Gasteiger charge is 2.32. The van der Waals surface area contributed by atoms with E-state index in [0.717, 1.165) is 25.9 Å². The molecule has 2 N–H and O–H groups in total. The summed E-state index contributed by atoms with van der Waals surface area (Å²) in [5.41, 5.74) is -1.60. The second kappa shape index (κ2) is 6.43. The number of nitrogens with one attached hydrogen (secondary N) is 2. The second-order valence-electron chi connectivity index (χ2n) is 5.04. The molecule has 0 radical (unpaired) electrons. The monoisotopic (exact) mass is 304 g/mol. The number of hydrogen-bond donors (Lipinski definition) is 2. The summed E-state index contributed by atoms with van der Waals surface area (Å²) in [4.78, 5) is 12.0. The molecule has 1 saturated heterocycles. The van der Waals surface area contributed by atoms with Crippen LogP contribution in [-0.4, -0.2) is 25.0 Å². The van der Waals surface area contributed by atoms with Crippen LogP contribution < -0.4 is 10.6 Å². The average molecular weight is 304 g/mol. The molecule has 1 aliphatic rings. The molecule has 1 atom stereocenters. The summed E-state index contributed by atoms with van der Waals surface area (Å²) < 4.78 is 51.4. The number of hydrogen-bond acceptors (Lipinski definition) is 2. The maximum absolute atomic E-state index is 13.6. The fourth-order valence-electron chi connectivity index (χ4n) is 2.30. The molecule has 21 heavy (non-hydrogen) atoms. The van der Waals surface area contributed by atoms with Crippen molar-refractivity contribution in [3.8, 4) is 0 Å². The topological polar surface area (TPSA) is 41.1 Å². The number of benzene rings is 1. The molecule has 1 aliphatic heterocycles. The van der Waals surface area contributed by atoms with Gasteiger partial charge in [0.25, 0.3) is 5.91 Å². The Morgan fingerprint density at radius 2 is 2.00 bits per heavy atom. The van der Waals surface area contributed by atoms with Crippen LogP contribution in [0.2, 0.25) is 0 Å². The van der Waals surface area contributed by atoms with Gasteiger partial charge >= 0.3 is 6.18 Å². The lowest BCUT2D eigenvalue weighted by molar-refractivity contribution is -0.137. The van der Waals surface area contributed by atoms with Gasteiger partial charge in [0.2, 0.25) is 0 Å². The van der Waals surface area contributed by atoms with E-state index < -0.39 is 29.0 Å². The Kier molecular flexibility index (Phi) is 4.82. The number of alkyl halides is 3. The van der Waals surface area contributed by atoms with Crippen molar-refractivity contribution in [2.75, 3.05) is 13.1 Å². The molecule has 0 aliphatic carbocycles. The van der Waals surface area contributed by atoms with Gasteiger partial charge in [-0.3, -0.25) is 4.79 Å². The highest BCUT2D eigenvalue weighted by Crippen LogP contribution is 2.30. The Morgan fingerprint density at radius 3 is 2.71 bits per heavy atom. The average Bonchev–Trinajstić information content (AvgIpc) is 2.66. The molecule has 0 saturated carbocycles. The van der Waals surface area contributed by atoms with Gasteiger partial charge in [-0.25, -0.2) is 4.39 Å². The third-order valence-corrected chi connectivity index (χ3v) is 3.45. The van der Waals surface area contributed by atoms with Crippen molar-refractivity contribution < 1.29 is 22.4 Å². The number of rotatable bonds is 2. The Morgan fingerprint density at radius 1 is 1.24 bits per heavy atom. The third kappa shape index (κ3) is 4.17. The summed E-state index contributed by atoms with van der Waals surface area (Å²) >= 11 is 0. The van der Waals surface area contributed by atoms with E-state index in [0.29, 0.717) is 24.6 Å². The largest absolute Gasteiger partial charge is 0.416 e. The molecule has 0 aromatic heterocycles.